The molecule has 0 saturated carbocycles. The molecule has 1 unspecified atom stereocenters. The van der Waals surface area contributed by atoms with Crippen molar-refractivity contribution in [2.45, 2.75) is 25.1 Å². The summed E-state index contributed by atoms with van der Waals surface area (Å²) < 4.78 is 10.3. The number of nitro groups is 1. The van der Waals surface area contributed by atoms with E-state index in [0.29, 0.717) is 22.6 Å². The summed E-state index contributed by atoms with van der Waals surface area (Å²) in [6.07, 6.45) is 1.68. The van der Waals surface area contributed by atoms with E-state index in [4.69, 9.17) is 9.47 Å². The van der Waals surface area contributed by atoms with E-state index in [1.165, 1.54) is 48.0 Å². The first-order valence-electron chi connectivity index (χ1n) is 8.81. The lowest BCUT2D eigenvalue weighted by atomic mass is 10.0. The van der Waals surface area contributed by atoms with E-state index in [-0.39, 0.29) is 30.9 Å². The molecule has 0 aromatic heterocycles. The van der Waals surface area contributed by atoms with Crippen molar-refractivity contribution in [2.75, 3.05) is 19.4 Å². The van der Waals surface area contributed by atoms with Crippen molar-refractivity contribution in [1.82, 2.24) is 10.2 Å². The van der Waals surface area contributed by atoms with Crippen LogP contribution in [0.25, 0.3) is 0 Å². The molecule has 154 valence electrons. The Bertz CT molecular complexity index is 856. The van der Waals surface area contributed by atoms with Crippen molar-refractivity contribution in [3.63, 3.8) is 0 Å². The van der Waals surface area contributed by atoms with Crippen molar-refractivity contribution in [3.05, 3.63) is 50.9 Å². The van der Waals surface area contributed by atoms with Gasteiger partial charge in [0.2, 0.25) is 5.91 Å². The van der Waals surface area contributed by atoms with Gasteiger partial charge in [-0.15, -0.1) is 11.8 Å². The molecule has 3 rings (SSSR count). The standard InChI is InChI=1S/C18H19N3O7S/c1-19-18(24)27-6-7-29-14-8-13-9-15(22)20(13)16(14)17(23)28-10-11-2-4-12(5-3-11)21(25)26/h2-5,8,13,16H,6-7,9-10H2,1H3,(H,19,24)/t13?,16-/m0/s1. The van der Waals surface area contributed by atoms with Gasteiger partial charge in [0.1, 0.15) is 13.2 Å². The van der Waals surface area contributed by atoms with Crippen molar-refractivity contribution < 1.29 is 28.8 Å². The number of hydrogen-bond donors (Lipinski definition) is 1. The Balaban J connectivity index is 1.57. The number of hydrogen-bond acceptors (Lipinski definition) is 8. The number of ether oxygens (including phenoxy) is 2. The minimum atomic E-state index is -0.815. The van der Waals surface area contributed by atoms with E-state index in [2.05, 4.69) is 5.32 Å². The zero-order chi connectivity index (χ0) is 21.0. The molecule has 11 heteroatoms. The summed E-state index contributed by atoms with van der Waals surface area (Å²) >= 11 is 1.34. The van der Waals surface area contributed by atoms with Crippen LogP contribution in [-0.4, -0.2) is 59.3 Å². The molecule has 1 N–H and O–H groups in total. The van der Waals surface area contributed by atoms with Gasteiger partial charge in [-0.2, -0.15) is 0 Å². The largest absolute Gasteiger partial charge is 0.459 e. The predicted molar refractivity (Wildman–Crippen MR) is 103 cm³/mol. The first-order chi connectivity index (χ1) is 13.9. The first kappa shape index (κ1) is 20.6. The summed E-state index contributed by atoms with van der Waals surface area (Å²) in [4.78, 5) is 48.1. The summed E-state index contributed by atoms with van der Waals surface area (Å²) in [5.74, 6) is -0.259. The number of amides is 2. The van der Waals surface area contributed by atoms with Gasteiger partial charge in [-0.3, -0.25) is 14.9 Å². The predicted octanol–water partition coefficient (Wildman–Crippen LogP) is 1.59. The maximum absolute atomic E-state index is 12.7. The number of β-lactam (4-membered cyclic amide) rings is 1. The van der Waals surface area contributed by atoms with Crippen molar-refractivity contribution in [1.29, 1.82) is 0 Å². The Hall–Kier alpha value is -3.08. The highest BCUT2D eigenvalue weighted by molar-refractivity contribution is 8.03. The fourth-order valence-corrected chi connectivity index (χ4v) is 4.04. The van der Waals surface area contributed by atoms with E-state index in [9.17, 15) is 24.5 Å². The molecule has 2 amide bonds. The van der Waals surface area contributed by atoms with Crippen LogP contribution < -0.4 is 5.32 Å². The van der Waals surface area contributed by atoms with Crippen molar-refractivity contribution >= 4 is 35.4 Å². The number of carbonyl (C=O) groups is 3. The SMILES string of the molecule is CNC(=O)OCCSC1=CC2CC(=O)N2[C@@H]1C(=O)OCc1ccc([N+](=O)[O-])cc1. The van der Waals surface area contributed by atoms with Gasteiger partial charge >= 0.3 is 12.1 Å². The molecule has 0 aliphatic carbocycles. The molecule has 1 fully saturated rings. The number of alkyl carbamates (subject to hydrolysis) is 1. The minimum Gasteiger partial charge on any atom is -0.459 e. The first-order valence-corrected chi connectivity index (χ1v) is 9.79. The third kappa shape index (κ3) is 4.67. The zero-order valence-electron chi connectivity index (χ0n) is 15.5. The number of nitro benzene ring substituents is 1. The number of carbonyl (C=O) groups excluding carboxylic acids is 3. The number of esters is 1. The molecule has 1 saturated heterocycles. The molecule has 2 heterocycles. The number of benzene rings is 1. The van der Waals surface area contributed by atoms with Gasteiger partial charge < -0.3 is 19.7 Å². The summed E-state index contributed by atoms with van der Waals surface area (Å²) in [5.41, 5.74) is 0.552. The van der Waals surface area contributed by atoms with Crippen molar-refractivity contribution in [2.24, 2.45) is 0 Å². The topological polar surface area (TPSA) is 128 Å². The molecule has 1 aromatic rings. The Labute approximate surface area is 170 Å². The number of rotatable bonds is 8. The molecule has 29 heavy (non-hydrogen) atoms. The summed E-state index contributed by atoms with van der Waals surface area (Å²) in [7, 11) is 1.46. The molecule has 2 aliphatic rings. The van der Waals surface area contributed by atoms with Crippen LogP contribution in [0.2, 0.25) is 0 Å². The van der Waals surface area contributed by atoms with Crippen LogP contribution in [-0.2, 0) is 25.7 Å². The highest BCUT2D eigenvalue weighted by Gasteiger charge is 2.50. The third-order valence-corrected chi connectivity index (χ3v) is 5.54. The Morgan fingerprint density at radius 2 is 2.03 bits per heavy atom. The van der Waals surface area contributed by atoms with Gasteiger partial charge in [-0.1, -0.05) is 0 Å². The molecule has 1 aromatic carbocycles. The van der Waals surface area contributed by atoms with Crippen LogP contribution in [0.15, 0.2) is 35.2 Å². The maximum Gasteiger partial charge on any atom is 0.406 e. The van der Waals surface area contributed by atoms with E-state index in [1.807, 2.05) is 6.08 Å². The van der Waals surface area contributed by atoms with Crippen LogP contribution in [0.1, 0.15) is 12.0 Å². The number of fused-ring (bicyclic) bond motifs is 1. The Morgan fingerprint density at radius 1 is 1.31 bits per heavy atom. The summed E-state index contributed by atoms with van der Waals surface area (Å²) in [6.45, 7) is 0.0998. The summed E-state index contributed by atoms with van der Waals surface area (Å²) in [5, 5.41) is 13.0. The van der Waals surface area contributed by atoms with Crippen LogP contribution in [0, 0.1) is 10.1 Å². The quantitative estimate of drug-likeness (QED) is 0.220. The van der Waals surface area contributed by atoms with Gasteiger partial charge in [0.25, 0.3) is 5.69 Å². The van der Waals surface area contributed by atoms with E-state index < -0.39 is 23.0 Å². The molecule has 0 bridgehead atoms. The molecular weight excluding hydrogens is 402 g/mol. The van der Waals surface area contributed by atoms with E-state index in [1.54, 1.807) is 0 Å². The molecule has 2 aliphatic heterocycles. The lowest BCUT2D eigenvalue weighted by molar-refractivity contribution is -0.384. The highest BCUT2D eigenvalue weighted by Crippen LogP contribution is 2.39. The second-order valence-electron chi connectivity index (χ2n) is 6.31. The second-order valence-corrected chi connectivity index (χ2v) is 7.48. The van der Waals surface area contributed by atoms with Gasteiger partial charge in [0, 0.05) is 29.8 Å². The Morgan fingerprint density at radius 3 is 2.66 bits per heavy atom. The van der Waals surface area contributed by atoms with Crippen LogP contribution in [0.3, 0.4) is 0 Å². The second kappa shape index (κ2) is 8.95. The minimum absolute atomic E-state index is 0.0505. The number of thioether (sulfide) groups is 1. The molecular formula is C18H19N3O7S. The lowest BCUT2D eigenvalue weighted by Crippen LogP contribution is -2.55. The highest BCUT2D eigenvalue weighted by atomic mass is 32.2. The Kier molecular flexibility index (Phi) is 6.37. The fraction of sp³-hybridized carbons (Fsp3) is 0.389. The number of non-ortho nitro benzene ring substituents is 1. The lowest BCUT2D eigenvalue weighted by Gasteiger charge is -2.38. The average Bonchev–Trinajstić information content (AvgIpc) is 3.01. The smallest absolute Gasteiger partial charge is 0.406 e. The number of nitrogens with one attached hydrogen (secondary N) is 1. The molecule has 2 atom stereocenters. The van der Waals surface area contributed by atoms with Crippen molar-refractivity contribution in [3.8, 4) is 0 Å². The molecule has 0 radical (unpaired) electrons. The average molecular weight is 421 g/mol. The zero-order valence-corrected chi connectivity index (χ0v) is 16.3. The van der Waals surface area contributed by atoms with E-state index >= 15 is 0 Å². The van der Waals surface area contributed by atoms with Gasteiger partial charge in [0.15, 0.2) is 6.04 Å². The molecule has 0 spiro atoms. The van der Waals surface area contributed by atoms with Gasteiger partial charge in [-0.25, -0.2) is 9.59 Å². The maximum atomic E-state index is 12.7. The third-order valence-electron chi connectivity index (χ3n) is 4.47. The number of nitrogens with zero attached hydrogens (tertiary/aromatic N) is 2. The van der Waals surface area contributed by atoms with Gasteiger partial charge in [0.05, 0.1) is 17.4 Å². The van der Waals surface area contributed by atoms with Crippen LogP contribution in [0.4, 0.5) is 10.5 Å². The molecule has 10 nitrogen and oxygen atoms in total. The summed E-state index contributed by atoms with van der Waals surface area (Å²) in [6, 6.07) is 4.76. The van der Waals surface area contributed by atoms with E-state index in [0.717, 1.165) is 0 Å². The van der Waals surface area contributed by atoms with Crippen LogP contribution in [0.5, 0.6) is 0 Å². The van der Waals surface area contributed by atoms with Gasteiger partial charge in [-0.05, 0) is 23.8 Å². The monoisotopic (exact) mass is 421 g/mol. The normalized spacial score (nSPS) is 19.7. The van der Waals surface area contributed by atoms with Crippen LogP contribution >= 0.6 is 11.8 Å². The fourth-order valence-electron chi connectivity index (χ4n) is 3.02.